The van der Waals surface area contributed by atoms with Crippen molar-refractivity contribution < 1.29 is 14.3 Å². The van der Waals surface area contributed by atoms with E-state index < -0.39 is 5.60 Å². The summed E-state index contributed by atoms with van der Waals surface area (Å²) >= 11 is 0. The SMILES string of the molecule is CN=C1C(=CN)C2(CCN(C(=O)c3ccc(Oc4ccccc4)nc3)CC2)Oc2ccccc21. The molecule has 1 spiro atoms. The number of aliphatic imine (C=N–C) groups is 1. The fourth-order valence-corrected chi connectivity index (χ4v) is 4.65. The van der Waals surface area contributed by atoms with Crippen LogP contribution in [0.15, 0.2) is 89.7 Å². The van der Waals surface area contributed by atoms with E-state index in [4.69, 9.17) is 15.2 Å². The molecule has 2 N–H and O–H groups in total. The van der Waals surface area contributed by atoms with Crippen molar-refractivity contribution in [2.24, 2.45) is 10.7 Å². The third-order valence-electron chi connectivity index (χ3n) is 6.39. The lowest BCUT2D eigenvalue weighted by Crippen LogP contribution is -2.54. The average Bonchev–Trinajstić information content (AvgIpc) is 2.89. The summed E-state index contributed by atoms with van der Waals surface area (Å²) in [5.41, 5.74) is 8.66. The van der Waals surface area contributed by atoms with Gasteiger partial charge < -0.3 is 20.1 Å². The van der Waals surface area contributed by atoms with Crippen molar-refractivity contribution in [3.63, 3.8) is 0 Å². The molecule has 0 bridgehead atoms. The number of rotatable bonds is 3. The highest BCUT2D eigenvalue weighted by molar-refractivity contribution is 6.16. The van der Waals surface area contributed by atoms with Crippen LogP contribution < -0.4 is 15.2 Å². The van der Waals surface area contributed by atoms with Crippen molar-refractivity contribution >= 4 is 11.6 Å². The van der Waals surface area contributed by atoms with E-state index in [1.54, 1.807) is 31.6 Å². The quantitative estimate of drug-likeness (QED) is 0.641. The Bertz CT molecular complexity index is 1240. The van der Waals surface area contributed by atoms with Crippen molar-refractivity contribution in [3.8, 4) is 17.4 Å². The van der Waals surface area contributed by atoms with Crippen LogP contribution in [0.3, 0.4) is 0 Å². The zero-order chi connectivity index (χ0) is 23.5. The smallest absolute Gasteiger partial charge is 0.255 e. The highest BCUT2D eigenvalue weighted by Gasteiger charge is 2.46. The predicted molar refractivity (Wildman–Crippen MR) is 130 cm³/mol. The Morgan fingerprint density at radius 1 is 1.09 bits per heavy atom. The molecule has 7 heteroatoms. The second-order valence-electron chi connectivity index (χ2n) is 8.34. The van der Waals surface area contributed by atoms with Crippen molar-refractivity contribution in [2.75, 3.05) is 20.1 Å². The molecule has 2 aliphatic heterocycles. The molecule has 0 radical (unpaired) electrons. The van der Waals surface area contributed by atoms with Crippen LogP contribution in [0.25, 0.3) is 0 Å². The highest BCUT2D eigenvalue weighted by Crippen LogP contribution is 2.42. The van der Waals surface area contributed by atoms with E-state index in [1.807, 2.05) is 59.5 Å². The molecule has 2 aromatic carbocycles. The van der Waals surface area contributed by atoms with Gasteiger partial charge in [0.1, 0.15) is 17.1 Å². The van der Waals surface area contributed by atoms with Crippen LogP contribution in [-0.4, -0.2) is 47.2 Å². The van der Waals surface area contributed by atoms with E-state index in [-0.39, 0.29) is 5.91 Å². The standard InChI is InChI=1S/C27H26N4O3/c1-29-25-21-9-5-6-10-23(21)34-27(22(25)17-28)13-15-31(16-14-27)26(32)19-11-12-24(30-18-19)33-20-7-3-2-4-8-20/h2-12,17-18H,13-16,28H2,1H3. The van der Waals surface area contributed by atoms with Crippen LogP contribution in [0.4, 0.5) is 0 Å². The summed E-state index contributed by atoms with van der Waals surface area (Å²) < 4.78 is 12.2. The van der Waals surface area contributed by atoms with Gasteiger partial charge in [0.2, 0.25) is 5.88 Å². The molecular weight excluding hydrogens is 428 g/mol. The maximum atomic E-state index is 13.2. The van der Waals surface area contributed by atoms with Crippen LogP contribution in [0.5, 0.6) is 17.4 Å². The number of nitrogens with two attached hydrogens (primary N) is 1. The number of carbonyl (C=O) groups is 1. The van der Waals surface area contributed by atoms with Crippen LogP contribution in [0.2, 0.25) is 0 Å². The number of hydrogen-bond acceptors (Lipinski definition) is 6. The van der Waals surface area contributed by atoms with Crippen LogP contribution >= 0.6 is 0 Å². The number of carbonyl (C=O) groups excluding carboxylic acids is 1. The lowest BCUT2D eigenvalue weighted by molar-refractivity contribution is 0.0285. The van der Waals surface area contributed by atoms with Gasteiger partial charge in [0.25, 0.3) is 5.91 Å². The molecule has 1 fully saturated rings. The summed E-state index contributed by atoms with van der Waals surface area (Å²) in [5.74, 6) is 1.88. The zero-order valence-corrected chi connectivity index (χ0v) is 19.0. The molecule has 1 amide bonds. The Morgan fingerprint density at radius 2 is 1.82 bits per heavy atom. The number of nitrogens with zero attached hydrogens (tertiary/aromatic N) is 3. The van der Waals surface area contributed by atoms with Gasteiger partial charge in [0, 0.05) is 62.6 Å². The third-order valence-corrected chi connectivity index (χ3v) is 6.39. The Balaban J connectivity index is 1.30. The summed E-state index contributed by atoms with van der Waals surface area (Å²) in [6.07, 6.45) is 4.41. The molecule has 0 aliphatic carbocycles. The number of fused-ring (bicyclic) bond motifs is 1. The number of pyridine rings is 1. The molecule has 7 nitrogen and oxygen atoms in total. The van der Waals surface area contributed by atoms with E-state index >= 15 is 0 Å². The molecule has 0 atom stereocenters. The predicted octanol–water partition coefficient (Wildman–Crippen LogP) is 4.20. The minimum Gasteiger partial charge on any atom is -0.482 e. The molecule has 2 aliphatic rings. The Morgan fingerprint density at radius 3 is 2.50 bits per heavy atom. The van der Waals surface area contributed by atoms with Crippen molar-refractivity contribution in [3.05, 3.63) is 95.8 Å². The van der Waals surface area contributed by atoms with Gasteiger partial charge in [0.15, 0.2) is 0 Å². The maximum absolute atomic E-state index is 13.2. The van der Waals surface area contributed by atoms with Gasteiger partial charge in [-0.3, -0.25) is 9.79 Å². The normalized spacial score (nSPS) is 19.0. The van der Waals surface area contributed by atoms with Gasteiger partial charge in [-0.15, -0.1) is 0 Å². The molecule has 5 rings (SSSR count). The van der Waals surface area contributed by atoms with Gasteiger partial charge in [0.05, 0.1) is 11.3 Å². The van der Waals surface area contributed by atoms with E-state index in [9.17, 15) is 4.79 Å². The highest BCUT2D eigenvalue weighted by atomic mass is 16.5. The largest absolute Gasteiger partial charge is 0.482 e. The minimum atomic E-state index is -0.597. The van der Waals surface area contributed by atoms with Gasteiger partial charge in [-0.2, -0.15) is 0 Å². The number of likely N-dealkylation sites (tertiary alicyclic amines) is 1. The molecule has 34 heavy (non-hydrogen) atoms. The van der Waals surface area contributed by atoms with Crippen LogP contribution in [-0.2, 0) is 0 Å². The summed E-state index contributed by atoms with van der Waals surface area (Å²) in [7, 11) is 1.77. The van der Waals surface area contributed by atoms with Crippen molar-refractivity contribution in [1.29, 1.82) is 0 Å². The second kappa shape index (κ2) is 9.02. The Hall–Kier alpha value is -4.13. The molecule has 1 aromatic heterocycles. The molecule has 0 unspecified atom stereocenters. The fraction of sp³-hybridized carbons (Fsp3) is 0.222. The molecule has 3 aromatic rings. The fourth-order valence-electron chi connectivity index (χ4n) is 4.65. The number of piperidine rings is 1. The van der Waals surface area contributed by atoms with Crippen molar-refractivity contribution in [2.45, 2.75) is 18.4 Å². The average molecular weight is 455 g/mol. The van der Waals surface area contributed by atoms with Gasteiger partial charge in [-0.1, -0.05) is 30.3 Å². The van der Waals surface area contributed by atoms with E-state index in [0.717, 1.165) is 22.6 Å². The number of hydrogen-bond donors (Lipinski definition) is 1. The first kappa shape index (κ1) is 21.7. The number of aromatic nitrogens is 1. The summed E-state index contributed by atoms with van der Waals surface area (Å²) in [5, 5.41) is 0. The van der Waals surface area contributed by atoms with E-state index in [0.29, 0.717) is 43.1 Å². The Kier molecular flexibility index (Phi) is 5.76. The van der Waals surface area contributed by atoms with Gasteiger partial charge in [-0.05, 0) is 30.3 Å². The van der Waals surface area contributed by atoms with Crippen LogP contribution in [0, 0.1) is 0 Å². The molecule has 3 heterocycles. The van der Waals surface area contributed by atoms with Gasteiger partial charge >= 0.3 is 0 Å². The van der Waals surface area contributed by atoms with Gasteiger partial charge in [-0.25, -0.2) is 4.98 Å². The first-order chi connectivity index (χ1) is 16.6. The molecule has 1 saturated heterocycles. The topological polar surface area (TPSA) is 90.0 Å². The lowest BCUT2D eigenvalue weighted by atomic mass is 9.78. The van der Waals surface area contributed by atoms with E-state index in [2.05, 4.69) is 9.98 Å². The summed E-state index contributed by atoms with van der Waals surface area (Å²) in [4.78, 5) is 23.8. The number of ether oxygens (including phenoxy) is 2. The monoisotopic (exact) mass is 454 g/mol. The molecule has 0 saturated carbocycles. The van der Waals surface area contributed by atoms with Crippen LogP contribution in [0.1, 0.15) is 28.8 Å². The maximum Gasteiger partial charge on any atom is 0.255 e. The number of benzene rings is 2. The molecular formula is C27H26N4O3. The van der Waals surface area contributed by atoms with Crippen molar-refractivity contribution in [1.82, 2.24) is 9.88 Å². The first-order valence-electron chi connectivity index (χ1n) is 11.3. The first-order valence-corrected chi connectivity index (χ1v) is 11.3. The third kappa shape index (κ3) is 3.90. The second-order valence-corrected chi connectivity index (χ2v) is 8.34. The summed E-state index contributed by atoms with van der Waals surface area (Å²) in [6.45, 7) is 1.08. The minimum absolute atomic E-state index is 0.0625. The molecule has 172 valence electrons. The van der Waals surface area contributed by atoms with E-state index in [1.165, 1.54) is 0 Å². The lowest BCUT2D eigenvalue weighted by Gasteiger charge is -2.46. The number of para-hydroxylation sites is 2. The summed E-state index contributed by atoms with van der Waals surface area (Å²) in [6, 6.07) is 20.7. The zero-order valence-electron chi connectivity index (χ0n) is 19.0. The number of amides is 1. The Labute approximate surface area is 198 Å².